The number of anilines is 2. The van der Waals surface area contributed by atoms with E-state index in [0.29, 0.717) is 27.9 Å². The topological polar surface area (TPSA) is 106 Å². The van der Waals surface area contributed by atoms with Gasteiger partial charge in [0.25, 0.3) is 5.91 Å². The standard InChI is InChI=1S/C30H22Cl2N4O3S/c31-20-14-9-15-21(32)26(20)36-28(37)24-25(33)27(40-30(24)34-18-10-3-1-4-11-18)29(38)35-22-16-7-8-17-23(22)39-19-12-5-2-6-13-19/h1-17,27H,33H2,(H,35,38)(H,36,37). The fraction of sp³-hybridized carbons (Fsp3) is 0.0333. The lowest BCUT2D eigenvalue weighted by Gasteiger charge is -2.15. The second-order valence-corrected chi connectivity index (χ2v) is 10.4. The molecule has 200 valence electrons. The lowest BCUT2D eigenvalue weighted by atomic mass is 10.1. The van der Waals surface area contributed by atoms with Crippen molar-refractivity contribution in [2.45, 2.75) is 5.25 Å². The molecule has 1 atom stereocenters. The number of benzene rings is 4. The molecule has 4 N–H and O–H groups in total. The van der Waals surface area contributed by atoms with Gasteiger partial charge in [0.05, 0.1) is 32.7 Å². The maximum absolute atomic E-state index is 13.5. The summed E-state index contributed by atoms with van der Waals surface area (Å²) < 4.78 is 5.97. The molecule has 7 nitrogen and oxygen atoms in total. The number of carbonyl (C=O) groups excluding carboxylic acids is 2. The van der Waals surface area contributed by atoms with Crippen LogP contribution in [-0.4, -0.2) is 22.1 Å². The maximum atomic E-state index is 13.5. The zero-order chi connectivity index (χ0) is 28.1. The molecule has 0 saturated carbocycles. The molecule has 0 spiro atoms. The van der Waals surface area contributed by atoms with Crippen molar-refractivity contribution in [3.05, 3.63) is 124 Å². The van der Waals surface area contributed by atoms with Gasteiger partial charge < -0.3 is 21.1 Å². The lowest BCUT2D eigenvalue weighted by Crippen LogP contribution is -2.29. The van der Waals surface area contributed by atoms with Crippen molar-refractivity contribution in [1.82, 2.24) is 0 Å². The lowest BCUT2D eigenvalue weighted by molar-refractivity contribution is -0.115. The molecule has 0 aromatic heterocycles. The molecule has 1 unspecified atom stereocenters. The molecule has 4 aromatic rings. The third-order valence-corrected chi connectivity index (χ3v) is 7.64. The molecule has 0 bridgehead atoms. The predicted molar refractivity (Wildman–Crippen MR) is 163 cm³/mol. The molecule has 40 heavy (non-hydrogen) atoms. The van der Waals surface area contributed by atoms with Crippen molar-refractivity contribution < 1.29 is 14.3 Å². The Kier molecular flexibility index (Phi) is 8.40. The smallest absolute Gasteiger partial charge is 0.260 e. The summed E-state index contributed by atoms with van der Waals surface area (Å²) in [7, 11) is 0. The zero-order valence-electron chi connectivity index (χ0n) is 20.8. The normalized spacial score (nSPS) is 15.7. The van der Waals surface area contributed by atoms with Crippen molar-refractivity contribution in [2.75, 3.05) is 10.6 Å². The van der Waals surface area contributed by atoms with Crippen LogP contribution in [0.25, 0.3) is 0 Å². The van der Waals surface area contributed by atoms with Crippen LogP contribution in [0.3, 0.4) is 0 Å². The molecule has 10 heteroatoms. The Bertz CT molecular complexity index is 1610. The Morgan fingerprint density at radius 2 is 1.43 bits per heavy atom. The van der Waals surface area contributed by atoms with Crippen LogP contribution in [0.5, 0.6) is 11.5 Å². The van der Waals surface area contributed by atoms with Gasteiger partial charge in [0, 0.05) is 5.70 Å². The van der Waals surface area contributed by atoms with Gasteiger partial charge in [-0.05, 0) is 48.5 Å². The summed E-state index contributed by atoms with van der Waals surface area (Å²) in [4.78, 5) is 31.7. The van der Waals surface area contributed by atoms with Crippen LogP contribution in [0, 0.1) is 0 Å². The molecule has 0 fully saturated rings. The summed E-state index contributed by atoms with van der Waals surface area (Å²) in [6.45, 7) is 0. The molecule has 0 saturated heterocycles. The van der Waals surface area contributed by atoms with Crippen molar-refractivity contribution in [3.63, 3.8) is 0 Å². The summed E-state index contributed by atoms with van der Waals surface area (Å²) in [6.07, 6.45) is 0. The highest BCUT2D eigenvalue weighted by Crippen LogP contribution is 2.38. The third kappa shape index (κ3) is 6.15. The van der Waals surface area contributed by atoms with E-state index in [-0.39, 0.29) is 27.0 Å². The first-order valence-corrected chi connectivity index (χ1v) is 13.7. The van der Waals surface area contributed by atoms with E-state index < -0.39 is 17.1 Å². The maximum Gasteiger partial charge on any atom is 0.260 e. The van der Waals surface area contributed by atoms with Gasteiger partial charge in [-0.15, -0.1) is 0 Å². The minimum Gasteiger partial charge on any atom is -0.455 e. The molecule has 5 rings (SSSR count). The minimum absolute atomic E-state index is 0.0549. The van der Waals surface area contributed by atoms with Crippen LogP contribution in [-0.2, 0) is 9.59 Å². The van der Waals surface area contributed by atoms with Gasteiger partial charge in [-0.3, -0.25) is 9.59 Å². The Morgan fingerprint density at radius 1 is 0.800 bits per heavy atom. The van der Waals surface area contributed by atoms with Crippen molar-refractivity contribution in [3.8, 4) is 11.5 Å². The van der Waals surface area contributed by atoms with Crippen LogP contribution >= 0.6 is 35.0 Å². The van der Waals surface area contributed by atoms with Gasteiger partial charge >= 0.3 is 0 Å². The number of nitrogens with one attached hydrogen (secondary N) is 2. The van der Waals surface area contributed by atoms with E-state index in [1.165, 1.54) is 0 Å². The van der Waals surface area contributed by atoms with Crippen LogP contribution in [0.4, 0.5) is 17.1 Å². The van der Waals surface area contributed by atoms with Crippen molar-refractivity contribution in [1.29, 1.82) is 0 Å². The molecule has 4 aromatic carbocycles. The Hall–Kier alpha value is -4.24. The number of thioether (sulfide) groups is 1. The predicted octanol–water partition coefficient (Wildman–Crippen LogP) is 7.42. The molecule has 0 radical (unpaired) electrons. The third-order valence-electron chi connectivity index (χ3n) is 5.78. The van der Waals surface area contributed by atoms with E-state index in [9.17, 15) is 9.59 Å². The molecule has 0 aliphatic carbocycles. The van der Waals surface area contributed by atoms with E-state index in [1.807, 2.05) is 48.5 Å². The average Bonchev–Trinajstić information content (AvgIpc) is 3.28. The van der Waals surface area contributed by atoms with Crippen molar-refractivity contribution >= 4 is 68.9 Å². The highest BCUT2D eigenvalue weighted by Gasteiger charge is 2.39. The van der Waals surface area contributed by atoms with E-state index in [0.717, 1.165) is 11.8 Å². The van der Waals surface area contributed by atoms with Crippen molar-refractivity contribution in [2.24, 2.45) is 10.7 Å². The number of amides is 2. The first-order valence-electron chi connectivity index (χ1n) is 12.1. The van der Waals surface area contributed by atoms with Crippen LogP contribution in [0.15, 0.2) is 119 Å². The number of nitrogens with two attached hydrogens (primary N) is 1. The average molecular weight is 590 g/mol. The van der Waals surface area contributed by atoms with Crippen LogP contribution in [0.2, 0.25) is 10.0 Å². The Balaban J connectivity index is 1.45. The summed E-state index contributed by atoms with van der Waals surface area (Å²) >= 11 is 13.6. The molecule has 1 aliphatic heterocycles. The van der Waals surface area contributed by atoms with Crippen LogP contribution < -0.4 is 21.1 Å². The largest absolute Gasteiger partial charge is 0.455 e. The number of hydrogen-bond donors (Lipinski definition) is 3. The number of carbonyl (C=O) groups is 2. The Morgan fingerprint density at radius 3 is 2.12 bits per heavy atom. The van der Waals surface area contributed by atoms with Gasteiger partial charge in [0.2, 0.25) is 5.91 Å². The number of aliphatic imine (C=N–C) groups is 1. The number of para-hydroxylation sites is 5. The van der Waals surface area contributed by atoms with Gasteiger partial charge in [-0.2, -0.15) is 0 Å². The SMILES string of the molecule is NC1=C(C(=O)Nc2c(Cl)cccc2Cl)C(=Nc2ccccc2)SC1C(=O)Nc1ccccc1Oc1ccccc1. The fourth-order valence-corrected chi connectivity index (χ4v) is 5.49. The number of hydrogen-bond acceptors (Lipinski definition) is 6. The Labute approximate surface area is 245 Å². The molecule has 1 heterocycles. The molecular weight excluding hydrogens is 567 g/mol. The van der Waals surface area contributed by atoms with E-state index >= 15 is 0 Å². The van der Waals surface area contributed by atoms with E-state index in [1.54, 1.807) is 54.6 Å². The van der Waals surface area contributed by atoms with E-state index in [4.69, 9.17) is 33.7 Å². The number of halogens is 2. The summed E-state index contributed by atoms with van der Waals surface area (Å²) in [5.74, 6) is 0.0502. The highest BCUT2D eigenvalue weighted by molar-refractivity contribution is 8.16. The van der Waals surface area contributed by atoms with Crippen LogP contribution in [0.1, 0.15) is 0 Å². The molecular formula is C30H22Cl2N4O3S. The van der Waals surface area contributed by atoms with Gasteiger partial charge in [0.15, 0.2) is 5.75 Å². The monoisotopic (exact) mass is 588 g/mol. The summed E-state index contributed by atoms with van der Waals surface area (Å²) in [5, 5.41) is 5.49. The fourth-order valence-electron chi connectivity index (χ4n) is 3.88. The second-order valence-electron chi connectivity index (χ2n) is 8.53. The molecule has 2 amide bonds. The number of rotatable bonds is 7. The van der Waals surface area contributed by atoms with Gasteiger partial charge in [0.1, 0.15) is 16.0 Å². The second kappa shape index (κ2) is 12.3. The van der Waals surface area contributed by atoms with E-state index in [2.05, 4.69) is 15.6 Å². The van der Waals surface area contributed by atoms with Gasteiger partial charge in [-0.1, -0.05) is 89.6 Å². The zero-order valence-corrected chi connectivity index (χ0v) is 23.1. The first-order chi connectivity index (χ1) is 19.4. The van der Waals surface area contributed by atoms with Gasteiger partial charge in [-0.25, -0.2) is 4.99 Å². The molecule has 1 aliphatic rings. The summed E-state index contributed by atoms with van der Waals surface area (Å²) in [5.41, 5.74) is 7.88. The minimum atomic E-state index is -0.935. The first kappa shape index (κ1) is 27.3. The number of ether oxygens (including phenoxy) is 1. The summed E-state index contributed by atoms with van der Waals surface area (Å²) in [6, 6.07) is 30.2. The highest BCUT2D eigenvalue weighted by atomic mass is 35.5. The number of nitrogens with zero attached hydrogens (tertiary/aromatic N) is 1. The quantitative estimate of drug-likeness (QED) is 0.208.